The van der Waals surface area contributed by atoms with E-state index in [0.717, 1.165) is 11.4 Å². The molecule has 0 saturated carbocycles. The highest BCUT2D eigenvalue weighted by Crippen LogP contribution is 2.28. The SMILES string of the molecule is COc1cccc(/C=N/Nc2nc(Nc3ccccc3)nc(Nc3ccccc3)n2)c1O. The summed E-state index contributed by atoms with van der Waals surface area (Å²) in [4.78, 5) is 13.2. The number of benzene rings is 3. The zero-order valence-electron chi connectivity index (χ0n) is 17.2. The Labute approximate surface area is 184 Å². The van der Waals surface area contributed by atoms with Gasteiger partial charge in [0.15, 0.2) is 11.5 Å². The van der Waals surface area contributed by atoms with Crippen molar-refractivity contribution in [2.24, 2.45) is 5.10 Å². The Morgan fingerprint density at radius 2 is 1.31 bits per heavy atom. The Balaban J connectivity index is 1.58. The van der Waals surface area contributed by atoms with Crippen LogP contribution in [0.15, 0.2) is 84.0 Å². The monoisotopic (exact) mass is 427 g/mol. The standard InChI is InChI=1S/C23H21N7O2/c1-32-19-14-8-9-16(20(19)31)15-24-30-23-28-21(25-17-10-4-2-5-11-17)27-22(29-23)26-18-12-6-3-7-13-18/h2-15,31H,1H3,(H3,25,26,27,28,29,30)/b24-15+. The fourth-order valence-electron chi connectivity index (χ4n) is 2.81. The van der Waals surface area contributed by atoms with Crippen molar-refractivity contribution >= 4 is 35.4 Å². The molecule has 4 N–H and O–H groups in total. The van der Waals surface area contributed by atoms with Gasteiger partial charge in [-0.25, -0.2) is 5.43 Å². The molecule has 160 valence electrons. The summed E-state index contributed by atoms with van der Waals surface area (Å²) in [5.74, 6) is 1.25. The van der Waals surface area contributed by atoms with Crippen LogP contribution in [0.25, 0.3) is 0 Å². The molecule has 0 aliphatic carbocycles. The molecule has 4 rings (SSSR count). The number of nitrogens with one attached hydrogen (secondary N) is 3. The number of anilines is 5. The van der Waals surface area contributed by atoms with Crippen LogP contribution in [0.5, 0.6) is 11.5 Å². The number of phenolic OH excluding ortho intramolecular Hbond substituents is 1. The number of para-hydroxylation sites is 3. The maximum Gasteiger partial charge on any atom is 0.250 e. The average molecular weight is 427 g/mol. The normalized spacial score (nSPS) is 10.7. The maximum atomic E-state index is 10.2. The summed E-state index contributed by atoms with van der Waals surface area (Å²) in [6.45, 7) is 0. The first kappa shape index (κ1) is 20.6. The number of hydrogen-bond donors (Lipinski definition) is 4. The van der Waals surface area contributed by atoms with Gasteiger partial charge in [-0.3, -0.25) is 0 Å². The molecule has 0 aliphatic heterocycles. The smallest absolute Gasteiger partial charge is 0.250 e. The van der Waals surface area contributed by atoms with Crippen molar-refractivity contribution in [3.05, 3.63) is 84.4 Å². The molecule has 0 saturated heterocycles. The molecule has 0 bridgehead atoms. The molecule has 0 radical (unpaired) electrons. The van der Waals surface area contributed by atoms with Gasteiger partial charge in [0.25, 0.3) is 0 Å². The van der Waals surface area contributed by atoms with Crippen molar-refractivity contribution in [3.8, 4) is 11.5 Å². The Bertz CT molecular complexity index is 1140. The minimum Gasteiger partial charge on any atom is -0.504 e. The van der Waals surface area contributed by atoms with Crippen LogP contribution in [0, 0.1) is 0 Å². The van der Waals surface area contributed by atoms with E-state index in [-0.39, 0.29) is 11.7 Å². The molecule has 32 heavy (non-hydrogen) atoms. The van der Waals surface area contributed by atoms with E-state index >= 15 is 0 Å². The summed E-state index contributed by atoms with van der Waals surface area (Å²) < 4.78 is 5.11. The molecule has 0 aliphatic rings. The molecule has 1 heterocycles. The first-order chi connectivity index (χ1) is 15.7. The molecule has 1 aromatic heterocycles. The number of rotatable bonds is 8. The average Bonchev–Trinajstić information content (AvgIpc) is 2.81. The second kappa shape index (κ2) is 9.90. The number of hydrogen-bond acceptors (Lipinski definition) is 9. The summed E-state index contributed by atoms with van der Waals surface area (Å²) in [5, 5.41) is 20.6. The van der Waals surface area contributed by atoms with E-state index in [0.29, 0.717) is 23.2 Å². The van der Waals surface area contributed by atoms with Gasteiger partial charge < -0.3 is 20.5 Å². The lowest BCUT2D eigenvalue weighted by Gasteiger charge is -2.10. The molecule has 0 spiro atoms. The van der Waals surface area contributed by atoms with Gasteiger partial charge in [-0.2, -0.15) is 20.1 Å². The van der Waals surface area contributed by atoms with Crippen molar-refractivity contribution in [1.29, 1.82) is 0 Å². The predicted octanol–water partition coefficient (Wildman–Crippen LogP) is 4.52. The Morgan fingerprint density at radius 3 is 1.88 bits per heavy atom. The number of hydrazone groups is 1. The Hall–Kier alpha value is -4.66. The Kier molecular flexibility index (Phi) is 6.37. The third kappa shape index (κ3) is 5.28. The highest BCUT2D eigenvalue weighted by atomic mass is 16.5. The van der Waals surface area contributed by atoms with Crippen LogP contribution in [0.3, 0.4) is 0 Å². The van der Waals surface area contributed by atoms with Gasteiger partial charge in [0.1, 0.15) is 0 Å². The summed E-state index contributed by atoms with van der Waals surface area (Å²) in [7, 11) is 1.49. The third-order valence-electron chi connectivity index (χ3n) is 4.31. The van der Waals surface area contributed by atoms with Crippen LogP contribution < -0.4 is 20.8 Å². The van der Waals surface area contributed by atoms with Crippen molar-refractivity contribution in [2.75, 3.05) is 23.2 Å². The molecule has 0 amide bonds. The quantitative estimate of drug-likeness (QED) is 0.240. The second-order valence-corrected chi connectivity index (χ2v) is 6.56. The van der Waals surface area contributed by atoms with Gasteiger partial charge >= 0.3 is 0 Å². The van der Waals surface area contributed by atoms with E-state index in [1.807, 2.05) is 60.7 Å². The largest absolute Gasteiger partial charge is 0.504 e. The fourth-order valence-corrected chi connectivity index (χ4v) is 2.81. The topological polar surface area (TPSA) is 117 Å². The highest BCUT2D eigenvalue weighted by Gasteiger charge is 2.08. The van der Waals surface area contributed by atoms with E-state index in [9.17, 15) is 5.11 Å². The van der Waals surface area contributed by atoms with E-state index in [2.05, 4.69) is 36.1 Å². The molecular weight excluding hydrogens is 406 g/mol. The van der Waals surface area contributed by atoms with Gasteiger partial charge in [0.05, 0.1) is 13.3 Å². The van der Waals surface area contributed by atoms with Crippen molar-refractivity contribution < 1.29 is 9.84 Å². The number of aromatic hydroxyl groups is 1. The van der Waals surface area contributed by atoms with E-state index < -0.39 is 0 Å². The maximum absolute atomic E-state index is 10.2. The van der Waals surface area contributed by atoms with E-state index in [1.54, 1.807) is 18.2 Å². The van der Waals surface area contributed by atoms with Crippen molar-refractivity contribution in [2.45, 2.75) is 0 Å². The first-order valence-corrected chi connectivity index (χ1v) is 9.76. The third-order valence-corrected chi connectivity index (χ3v) is 4.31. The molecule has 0 fully saturated rings. The number of nitrogens with zero attached hydrogens (tertiary/aromatic N) is 4. The second-order valence-electron chi connectivity index (χ2n) is 6.56. The van der Waals surface area contributed by atoms with Gasteiger partial charge in [-0.15, -0.1) is 0 Å². The minimum absolute atomic E-state index is 0.00550. The number of phenols is 1. The fraction of sp³-hybridized carbons (Fsp3) is 0.0435. The summed E-state index contributed by atoms with van der Waals surface area (Å²) in [6.07, 6.45) is 1.45. The zero-order valence-corrected chi connectivity index (χ0v) is 17.2. The lowest BCUT2D eigenvalue weighted by atomic mass is 10.2. The lowest BCUT2D eigenvalue weighted by molar-refractivity contribution is 0.373. The van der Waals surface area contributed by atoms with Gasteiger partial charge in [0, 0.05) is 16.9 Å². The summed E-state index contributed by atoms with van der Waals surface area (Å²) >= 11 is 0. The molecular formula is C23H21N7O2. The lowest BCUT2D eigenvalue weighted by Crippen LogP contribution is -2.07. The van der Waals surface area contributed by atoms with Crippen LogP contribution in [0.1, 0.15) is 5.56 Å². The number of aromatic nitrogens is 3. The van der Waals surface area contributed by atoms with Crippen LogP contribution in [0.2, 0.25) is 0 Å². The van der Waals surface area contributed by atoms with Gasteiger partial charge in [0.2, 0.25) is 17.8 Å². The first-order valence-electron chi connectivity index (χ1n) is 9.76. The minimum atomic E-state index is -0.00550. The molecule has 0 atom stereocenters. The predicted molar refractivity (Wildman–Crippen MR) is 125 cm³/mol. The van der Waals surface area contributed by atoms with Gasteiger partial charge in [-0.1, -0.05) is 42.5 Å². The summed E-state index contributed by atoms with van der Waals surface area (Å²) in [6, 6.07) is 24.3. The van der Waals surface area contributed by atoms with Crippen LogP contribution in [0.4, 0.5) is 29.2 Å². The van der Waals surface area contributed by atoms with Crippen LogP contribution in [-0.2, 0) is 0 Å². The van der Waals surface area contributed by atoms with Gasteiger partial charge in [-0.05, 0) is 36.4 Å². The summed E-state index contributed by atoms with van der Waals surface area (Å²) in [5.41, 5.74) is 4.93. The van der Waals surface area contributed by atoms with Crippen molar-refractivity contribution in [1.82, 2.24) is 15.0 Å². The molecule has 9 nitrogen and oxygen atoms in total. The molecule has 9 heteroatoms. The zero-order chi connectivity index (χ0) is 22.2. The Morgan fingerprint density at radius 1 is 0.750 bits per heavy atom. The van der Waals surface area contributed by atoms with Crippen molar-refractivity contribution in [3.63, 3.8) is 0 Å². The molecule has 0 unspecified atom stereocenters. The van der Waals surface area contributed by atoms with Crippen LogP contribution in [-0.4, -0.2) is 33.4 Å². The highest BCUT2D eigenvalue weighted by molar-refractivity contribution is 5.85. The van der Waals surface area contributed by atoms with E-state index in [4.69, 9.17) is 4.74 Å². The number of methoxy groups -OCH3 is 1. The van der Waals surface area contributed by atoms with E-state index in [1.165, 1.54) is 13.3 Å². The van der Waals surface area contributed by atoms with Crippen LogP contribution >= 0.6 is 0 Å². The number of ether oxygens (including phenoxy) is 1. The molecule has 4 aromatic rings. The molecule has 3 aromatic carbocycles.